The molecule has 0 aromatic heterocycles. The third-order valence-electron chi connectivity index (χ3n) is 2.29. The van der Waals surface area contributed by atoms with E-state index < -0.39 is 11.8 Å². The van der Waals surface area contributed by atoms with Crippen molar-refractivity contribution < 1.29 is 14.3 Å². The van der Waals surface area contributed by atoms with Crippen molar-refractivity contribution in [1.82, 2.24) is 0 Å². The highest BCUT2D eigenvalue weighted by atomic mass is 35.5. The van der Waals surface area contributed by atoms with Crippen molar-refractivity contribution in [2.24, 2.45) is 0 Å². The van der Waals surface area contributed by atoms with Gasteiger partial charge in [-0.05, 0) is 36.4 Å². The summed E-state index contributed by atoms with van der Waals surface area (Å²) < 4.78 is 12.9. The van der Waals surface area contributed by atoms with Crippen LogP contribution >= 0.6 is 11.6 Å². The normalized spacial score (nSPS) is 10.0. The van der Waals surface area contributed by atoms with Crippen LogP contribution in [-0.2, 0) is 0 Å². The fourth-order valence-corrected chi connectivity index (χ4v) is 1.63. The number of nitrogens with one attached hydrogen (secondary N) is 2. The first-order chi connectivity index (χ1) is 9.04. The summed E-state index contributed by atoms with van der Waals surface area (Å²) in [6.07, 6.45) is 0. The monoisotopic (exact) mass is 280 g/mol. The van der Waals surface area contributed by atoms with Crippen LogP contribution in [0.4, 0.5) is 20.6 Å². The summed E-state index contributed by atoms with van der Waals surface area (Å²) in [5, 5.41) is 14.8. The van der Waals surface area contributed by atoms with Crippen LogP contribution in [0.3, 0.4) is 0 Å². The van der Waals surface area contributed by atoms with Crippen LogP contribution in [0.5, 0.6) is 5.75 Å². The average molecular weight is 281 g/mol. The minimum Gasteiger partial charge on any atom is -0.506 e. The van der Waals surface area contributed by atoms with Crippen LogP contribution in [0.1, 0.15) is 0 Å². The van der Waals surface area contributed by atoms with Crippen LogP contribution in [0, 0.1) is 5.82 Å². The molecule has 0 saturated heterocycles. The number of amides is 2. The maximum absolute atomic E-state index is 12.9. The number of phenols is 1. The van der Waals surface area contributed by atoms with E-state index >= 15 is 0 Å². The molecular formula is C13H10ClFN2O2. The largest absolute Gasteiger partial charge is 0.506 e. The number of urea groups is 1. The zero-order valence-corrected chi connectivity index (χ0v) is 10.4. The minimum absolute atomic E-state index is 0.112. The summed E-state index contributed by atoms with van der Waals surface area (Å²) in [5.74, 6) is -0.567. The molecule has 98 valence electrons. The summed E-state index contributed by atoms with van der Waals surface area (Å²) >= 11 is 5.75. The molecule has 6 heteroatoms. The van der Waals surface area contributed by atoms with Gasteiger partial charge in [0.25, 0.3) is 0 Å². The van der Waals surface area contributed by atoms with Crippen molar-refractivity contribution in [2.45, 2.75) is 0 Å². The van der Waals surface area contributed by atoms with Crippen molar-refractivity contribution in [3.63, 3.8) is 0 Å². The Morgan fingerprint density at radius 2 is 1.95 bits per heavy atom. The van der Waals surface area contributed by atoms with E-state index in [1.165, 1.54) is 36.4 Å². The second-order valence-electron chi connectivity index (χ2n) is 3.75. The molecule has 2 rings (SSSR count). The van der Waals surface area contributed by atoms with Gasteiger partial charge in [-0.3, -0.25) is 0 Å². The molecule has 19 heavy (non-hydrogen) atoms. The van der Waals surface area contributed by atoms with E-state index in [1.54, 1.807) is 6.07 Å². The first kappa shape index (κ1) is 13.2. The lowest BCUT2D eigenvalue weighted by molar-refractivity contribution is 0.262. The second kappa shape index (κ2) is 5.58. The van der Waals surface area contributed by atoms with E-state index in [2.05, 4.69) is 10.6 Å². The van der Waals surface area contributed by atoms with Gasteiger partial charge in [-0.15, -0.1) is 0 Å². The van der Waals surface area contributed by atoms with E-state index in [0.717, 1.165) is 0 Å². The predicted octanol–water partition coefficient (Wildman–Crippen LogP) is 3.83. The van der Waals surface area contributed by atoms with Crippen molar-refractivity contribution in [2.75, 3.05) is 10.6 Å². The molecule has 4 nitrogen and oxygen atoms in total. The maximum atomic E-state index is 12.9. The molecule has 0 aliphatic rings. The number of hydrogen-bond donors (Lipinski definition) is 3. The summed E-state index contributed by atoms with van der Waals surface area (Å²) in [6, 6.07) is 9.11. The SMILES string of the molecule is O=C(Nc1cccc(F)c1)Nc1cc(Cl)ccc1O. The average Bonchev–Trinajstić information content (AvgIpc) is 2.34. The summed E-state index contributed by atoms with van der Waals surface area (Å²) in [6.45, 7) is 0. The molecule has 0 aliphatic heterocycles. The molecular weight excluding hydrogens is 271 g/mol. The van der Waals surface area contributed by atoms with Crippen LogP contribution < -0.4 is 10.6 Å². The van der Waals surface area contributed by atoms with Gasteiger partial charge < -0.3 is 15.7 Å². The van der Waals surface area contributed by atoms with E-state index in [0.29, 0.717) is 10.7 Å². The number of phenolic OH excluding ortho intramolecular Hbond substituents is 1. The lowest BCUT2D eigenvalue weighted by Gasteiger charge is -2.09. The third-order valence-corrected chi connectivity index (χ3v) is 2.52. The molecule has 2 aromatic rings. The zero-order valence-electron chi connectivity index (χ0n) is 9.65. The van der Waals surface area contributed by atoms with Crippen molar-refractivity contribution in [3.8, 4) is 5.75 Å². The summed E-state index contributed by atoms with van der Waals surface area (Å²) in [4.78, 5) is 11.7. The molecule has 0 atom stereocenters. The van der Waals surface area contributed by atoms with E-state index in [1.807, 2.05) is 0 Å². The summed E-state index contributed by atoms with van der Waals surface area (Å²) in [7, 11) is 0. The van der Waals surface area contributed by atoms with Gasteiger partial charge in [0.15, 0.2) is 0 Å². The molecule has 0 fully saturated rings. The van der Waals surface area contributed by atoms with Gasteiger partial charge in [0.1, 0.15) is 11.6 Å². The molecule has 0 aliphatic carbocycles. The first-order valence-corrected chi connectivity index (χ1v) is 5.74. The van der Waals surface area contributed by atoms with Crippen LogP contribution in [0.2, 0.25) is 5.02 Å². The number of anilines is 2. The van der Waals surface area contributed by atoms with Crippen LogP contribution in [0.25, 0.3) is 0 Å². The lowest BCUT2D eigenvalue weighted by atomic mass is 10.3. The maximum Gasteiger partial charge on any atom is 0.323 e. The topological polar surface area (TPSA) is 61.4 Å². The van der Waals surface area contributed by atoms with E-state index in [4.69, 9.17) is 11.6 Å². The Labute approximate surface area is 113 Å². The number of carbonyl (C=O) groups is 1. The quantitative estimate of drug-likeness (QED) is 0.732. The molecule has 0 heterocycles. The molecule has 0 spiro atoms. The van der Waals surface area contributed by atoms with Gasteiger partial charge in [-0.2, -0.15) is 0 Å². The fourth-order valence-electron chi connectivity index (χ4n) is 1.46. The molecule has 0 bridgehead atoms. The highest BCUT2D eigenvalue weighted by Gasteiger charge is 2.07. The van der Waals surface area contributed by atoms with E-state index in [-0.39, 0.29) is 11.4 Å². The van der Waals surface area contributed by atoms with Crippen molar-refractivity contribution >= 4 is 29.0 Å². The third kappa shape index (κ3) is 3.59. The highest BCUT2D eigenvalue weighted by Crippen LogP contribution is 2.26. The van der Waals surface area contributed by atoms with Crippen molar-refractivity contribution in [3.05, 3.63) is 53.3 Å². The Bertz CT molecular complexity index is 619. The minimum atomic E-state index is -0.608. The second-order valence-corrected chi connectivity index (χ2v) is 4.19. The zero-order chi connectivity index (χ0) is 13.8. The fraction of sp³-hybridized carbons (Fsp3) is 0. The number of halogens is 2. The smallest absolute Gasteiger partial charge is 0.323 e. The molecule has 0 radical (unpaired) electrons. The Kier molecular flexibility index (Phi) is 3.87. The van der Waals surface area contributed by atoms with Crippen LogP contribution in [-0.4, -0.2) is 11.1 Å². The van der Waals surface area contributed by atoms with E-state index in [9.17, 15) is 14.3 Å². The number of aromatic hydroxyl groups is 1. The summed E-state index contributed by atoms with van der Waals surface area (Å²) in [5.41, 5.74) is 0.473. The van der Waals surface area contributed by atoms with Crippen LogP contribution in [0.15, 0.2) is 42.5 Å². The Morgan fingerprint density at radius 3 is 2.68 bits per heavy atom. The Hall–Kier alpha value is -2.27. The number of benzene rings is 2. The van der Waals surface area contributed by atoms with Gasteiger partial charge >= 0.3 is 6.03 Å². The molecule has 0 unspecified atom stereocenters. The Morgan fingerprint density at radius 1 is 1.16 bits per heavy atom. The number of hydrogen-bond acceptors (Lipinski definition) is 2. The number of rotatable bonds is 2. The van der Waals surface area contributed by atoms with Gasteiger partial charge in [-0.25, -0.2) is 9.18 Å². The van der Waals surface area contributed by atoms with Crippen molar-refractivity contribution in [1.29, 1.82) is 0 Å². The highest BCUT2D eigenvalue weighted by molar-refractivity contribution is 6.31. The molecule has 2 amide bonds. The standard InChI is InChI=1S/C13H10ClFN2O2/c14-8-4-5-12(18)11(6-8)17-13(19)16-10-3-1-2-9(15)7-10/h1-7,18H,(H2,16,17,19). The lowest BCUT2D eigenvalue weighted by Crippen LogP contribution is -2.19. The molecule has 3 N–H and O–H groups in total. The van der Waals surface area contributed by atoms with Gasteiger partial charge in [0.05, 0.1) is 5.69 Å². The number of carbonyl (C=O) groups excluding carboxylic acids is 1. The Balaban J connectivity index is 2.07. The van der Waals surface area contributed by atoms with Gasteiger partial charge in [-0.1, -0.05) is 17.7 Å². The predicted molar refractivity (Wildman–Crippen MR) is 72.2 cm³/mol. The van der Waals surface area contributed by atoms with Gasteiger partial charge in [0, 0.05) is 10.7 Å². The molecule has 2 aromatic carbocycles. The molecule has 0 saturated carbocycles. The van der Waals surface area contributed by atoms with Gasteiger partial charge in [0.2, 0.25) is 0 Å². The first-order valence-electron chi connectivity index (χ1n) is 5.37.